The number of hydrogen-bond donors (Lipinski definition) is 0. The first kappa shape index (κ1) is 10.1. The first-order valence-corrected chi connectivity index (χ1v) is 4.50. The zero-order valence-electron chi connectivity index (χ0n) is 9.20. The van der Waals surface area contributed by atoms with Gasteiger partial charge in [-0.05, 0) is 12.1 Å². The zero-order chi connectivity index (χ0) is 10.1. The van der Waals surface area contributed by atoms with Gasteiger partial charge in [0.2, 0.25) is 0 Å². The van der Waals surface area contributed by atoms with Crippen LogP contribution in [0.15, 0.2) is 24.3 Å². The summed E-state index contributed by atoms with van der Waals surface area (Å²) in [7, 11) is 10.6. The molecule has 2 nitrogen and oxygen atoms in total. The van der Waals surface area contributed by atoms with E-state index in [0.717, 1.165) is 4.48 Å². The fourth-order valence-corrected chi connectivity index (χ4v) is 1.20. The maximum atomic E-state index is 2.18. The lowest BCUT2D eigenvalue weighted by Gasteiger charge is -2.24. The second kappa shape index (κ2) is 3.38. The van der Waals surface area contributed by atoms with Gasteiger partial charge in [0.1, 0.15) is 5.69 Å². The minimum absolute atomic E-state index is 0.869. The van der Waals surface area contributed by atoms with Crippen molar-refractivity contribution in [3.8, 4) is 0 Å². The van der Waals surface area contributed by atoms with Crippen LogP contribution in [0.2, 0.25) is 0 Å². The molecule has 0 N–H and O–H groups in total. The number of anilines is 1. The third-order valence-electron chi connectivity index (χ3n) is 2.14. The lowest BCUT2D eigenvalue weighted by atomic mass is 10.2. The average Bonchev–Trinajstić information content (AvgIpc) is 2.03. The molecule has 0 aromatic heterocycles. The summed E-state index contributed by atoms with van der Waals surface area (Å²) >= 11 is 0. The van der Waals surface area contributed by atoms with E-state index in [-0.39, 0.29) is 0 Å². The Kier molecular flexibility index (Phi) is 2.62. The summed E-state index contributed by atoms with van der Waals surface area (Å²) in [6.45, 7) is 0. The fraction of sp³-hybridized carbons (Fsp3) is 0.455. The molecule has 0 bridgehead atoms. The normalized spacial score (nSPS) is 11.5. The van der Waals surface area contributed by atoms with Gasteiger partial charge in [-0.15, -0.1) is 0 Å². The Morgan fingerprint density at radius 3 is 1.69 bits per heavy atom. The van der Waals surface area contributed by atoms with Crippen molar-refractivity contribution < 1.29 is 0 Å². The summed E-state index contributed by atoms with van der Waals surface area (Å²) < 4.78 is 0.869. The lowest BCUT2D eigenvalue weighted by molar-refractivity contribution is 0.486. The van der Waals surface area contributed by atoms with Crippen LogP contribution < -0.4 is 9.38 Å². The van der Waals surface area contributed by atoms with Crippen LogP contribution in [0, 0.1) is 0 Å². The molecule has 0 radical (unpaired) electrons. The van der Waals surface area contributed by atoms with Crippen molar-refractivity contribution >= 4 is 11.4 Å². The fourth-order valence-electron chi connectivity index (χ4n) is 1.20. The summed E-state index contributed by atoms with van der Waals surface area (Å²) in [6.07, 6.45) is 0. The van der Waals surface area contributed by atoms with Crippen LogP contribution in [0.25, 0.3) is 0 Å². The quantitative estimate of drug-likeness (QED) is 0.626. The number of benzene rings is 1. The average molecular weight is 178 g/mol. The third-order valence-corrected chi connectivity index (χ3v) is 2.14. The molecule has 0 spiro atoms. The number of hydrogen-bond acceptors (Lipinski definition) is 1. The maximum Gasteiger partial charge on any atom is 0.132 e. The third kappa shape index (κ3) is 2.46. The van der Waals surface area contributed by atoms with E-state index in [1.807, 2.05) is 0 Å². The Bertz CT molecular complexity index is 267. The van der Waals surface area contributed by atoms with Crippen molar-refractivity contribution in [3.05, 3.63) is 24.3 Å². The summed E-state index contributed by atoms with van der Waals surface area (Å²) in [5, 5.41) is 0. The minimum atomic E-state index is 0.869. The van der Waals surface area contributed by atoms with E-state index in [4.69, 9.17) is 0 Å². The van der Waals surface area contributed by atoms with Gasteiger partial charge in [-0.25, -0.2) is 0 Å². The van der Waals surface area contributed by atoms with Crippen molar-refractivity contribution in [2.24, 2.45) is 0 Å². The highest BCUT2D eigenvalue weighted by Gasteiger charge is 2.10. The molecule has 1 aromatic carbocycles. The first-order chi connectivity index (χ1) is 5.91. The lowest BCUT2D eigenvalue weighted by Crippen LogP contribution is -2.34. The van der Waals surface area contributed by atoms with Crippen LogP contribution in [0.5, 0.6) is 0 Å². The van der Waals surface area contributed by atoms with Gasteiger partial charge in [0.05, 0.1) is 21.1 Å². The van der Waals surface area contributed by atoms with E-state index in [0.29, 0.717) is 0 Å². The summed E-state index contributed by atoms with van der Waals surface area (Å²) in [4.78, 5) is 2.11. The Balaban J connectivity index is 2.94. The van der Waals surface area contributed by atoms with Crippen molar-refractivity contribution in [2.75, 3.05) is 40.1 Å². The Labute approximate surface area is 81.0 Å². The molecule has 0 atom stereocenters. The molecule has 0 saturated heterocycles. The molecule has 0 aliphatic carbocycles. The largest absolute Gasteiger partial charge is 0.378 e. The van der Waals surface area contributed by atoms with Gasteiger partial charge in [-0.1, -0.05) is 0 Å². The summed E-state index contributed by atoms with van der Waals surface area (Å²) in [5.41, 5.74) is 2.57. The second-order valence-corrected chi connectivity index (χ2v) is 4.42. The summed E-state index contributed by atoms with van der Waals surface area (Å²) in [6, 6.07) is 8.66. The highest BCUT2D eigenvalue weighted by Crippen LogP contribution is 2.20. The maximum absolute atomic E-state index is 2.18. The smallest absolute Gasteiger partial charge is 0.132 e. The molecule has 0 aliphatic rings. The van der Waals surface area contributed by atoms with Crippen molar-refractivity contribution in [1.82, 2.24) is 4.48 Å². The molecule has 0 amide bonds. The summed E-state index contributed by atoms with van der Waals surface area (Å²) in [5.74, 6) is 0. The molecular formula is C11H19N2+. The molecule has 0 saturated carbocycles. The highest BCUT2D eigenvalue weighted by molar-refractivity contribution is 5.53. The van der Waals surface area contributed by atoms with E-state index >= 15 is 0 Å². The van der Waals surface area contributed by atoms with Gasteiger partial charge in [-0.3, -0.25) is 4.48 Å². The van der Waals surface area contributed by atoms with Gasteiger partial charge in [0.25, 0.3) is 0 Å². The van der Waals surface area contributed by atoms with Gasteiger partial charge >= 0.3 is 0 Å². The first-order valence-electron chi connectivity index (χ1n) is 4.50. The van der Waals surface area contributed by atoms with Crippen LogP contribution in [-0.4, -0.2) is 35.2 Å². The topological polar surface area (TPSA) is 3.24 Å². The van der Waals surface area contributed by atoms with E-state index in [9.17, 15) is 0 Å². The molecule has 1 aromatic rings. The number of quaternary nitrogens is 1. The molecule has 1 rings (SSSR count). The van der Waals surface area contributed by atoms with Crippen molar-refractivity contribution in [1.29, 1.82) is 0 Å². The van der Waals surface area contributed by atoms with Crippen LogP contribution in [0.1, 0.15) is 0 Å². The van der Waals surface area contributed by atoms with Crippen molar-refractivity contribution in [2.45, 2.75) is 0 Å². The molecule has 13 heavy (non-hydrogen) atoms. The molecule has 2 heteroatoms. The molecule has 0 aliphatic heterocycles. The Morgan fingerprint density at radius 1 is 0.923 bits per heavy atom. The monoisotopic (exact) mass is 178 g/mol. The Morgan fingerprint density at radius 2 is 1.38 bits per heavy atom. The van der Waals surface area contributed by atoms with E-state index in [1.165, 1.54) is 11.4 Å². The predicted octanol–water partition coefficient (Wildman–Crippen LogP) is 1.95. The van der Waals surface area contributed by atoms with Crippen LogP contribution in [0.4, 0.5) is 11.4 Å². The minimum Gasteiger partial charge on any atom is -0.378 e. The Hall–Kier alpha value is -1.02. The van der Waals surface area contributed by atoms with Crippen LogP contribution in [-0.2, 0) is 0 Å². The van der Waals surface area contributed by atoms with Gasteiger partial charge in [-0.2, -0.15) is 0 Å². The molecule has 0 unspecified atom stereocenters. The van der Waals surface area contributed by atoms with E-state index in [1.54, 1.807) is 0 Å². The van der Waals surface area contributed by atoms with Gasteiger partial charge < -0.3 is 4.90 Å². The highest BCUT2D eigenvalue weighted by atomic mass is 15.2. The van der Waals surface area contributed by atoms with Crippen LogP contribution >= 0.6 is 0 Å². The molecular weight excluding hydrogens is 159 g/mol. The molecule has 0 heterocycles. The zero-order valence-corrected chi connectivity index (χ0v) is 9.20. The standard InChI is InChI=1S/C11H19N2/c1-12(2)10-6-8-11(9-7-10)13(3,4)5/h6-9H,1-5H3/q+1/i3-1. The second-order valence-electron chi connectivity index (χ2n) is 4.42. The number of rotatable bonds is 2. The SMILES string of the molecule is CN(C)c1ccc([N+](C)(C)[11CH3])cc1. The van der Waals surface area contributed by atoms with E-state index in [2.05, 4.69) is 64.4 Å². The van der Waals surface area contributed by atoms with Crippen LogP contribution in [0.3, 0.4) is 0 Å². The number of nitrogens with zero attached hydrogens (tertiary/aromatic N) is 2. The van der Waals surface area contributed by atoms with Crippen molar-refractivity contribution in [3.63, 3.8) is 0 Å². The molecule has 0 fully saturated rings. The van der Waals surface area contributed by atoms with E-state index < -0.39 is 0 Å². The van der Waals surface area contributed by atoms with Gasteiger partial charge in [0, 0.05) is 31.9 Å². The molecule has 72 valence electrons. The van der Waals surface area contributed by atoms with Gasteiger partial charge in [0.15, 0.2) is 0 Å². The predicted molar refractivity (Wildman–Crippen MR) is 60.3 cm³/mol.